The Kier molecular flexibility index (Phi) is 6.11. The molecule has 9 rings (SSSR count). The molecule has 0 amide bonds. The molecule has 0 unspecified atom stereocenters. The third-order valence-electron chi connectivity index (χ3n) is 9.09. The van der Waals surface area contributed by atoms with Crippen molar-refractivity contribution in [3.8, 4) is 44.5 Å². The molecule has 0 nitrogen and oxygen atoms in total. The molecule has 1 heterocycles. The molecule has 0 fully saturated rings. The Morgan fingerprint density at radius 3 is 1.58 bits per heavy atom. The molecule has 0 N–H and O–H groups in total. The molecule has 0 bridgehead atoms. The highest BCUT2D eigenvalue weighted by atomic mass is 32.1. The van der Waals surface area contributed by atoms with Crippen molar-refractivity contribution in [2.24, 2.45) is 0 Å². The Balaban J connectivity index is 1.46. The second kappa shape index (κ2) is 10.6. The van der Waals surface area contributed by atoms with Gasteiger partial charge in [-0.3, -0.25) is 0 Å². The Labute approximate surface area is 266 Å². The van der Waals surface area contributed by atoms with E-state index in [9.17, 15) is 0 Å². The molecule has 0 saturated heterocycles. The van der Waals surface area contributed by atoms with Crippen LogP contribution in [0, 0.1) is 0 Å². The predicted molar refractivity (Wildman–Crippen MR) is 196 cm³/mol. The summed E-state index contributed by atoms with van der Waals surface area (Å²) in [5, 5.41) is 7.74. The quantitative estimate of drug-likeness (QED) is 0.179. The van der Waals surface area contributed by atoms with Crippen molar-refractivity contribution in [1.29, 1.82) is 0 Å². The average Bonchev–Trinajstić information content (AvgIpc) is 3.50. The van der Waals surface area contributed by atoms with E-state index in [2.05, 4.69) is 170 Å². The third-order valence-corrected chi connectivity index (χ3v) is 10.3. The highest BCUT2D eigenvalue weighted by Gasteiger charge is 2.21. The van der Waals surface area contributed by atoms with Gasteiger partial charge in [-0.05, 0) is 72.6 Å². The van der Waals surface area contributed by atoms with Gasteiger partial charge in [-0.15, -0.1) is 11.3 Å². The van der Waals surface area contributed by atoms with E-state index in [-0.39, 0.29) is 0 Å². The van der Waals surface area contributed by atoms with E-state index in [1.165, 1.54) is 86.2 Å². The molecule has 0 spiro atoms. The minimum Gasteiger partial charge on any atom is -0.135 e. The van der Waals surface area contributed by atoms with Gasteiger partial charge in [0.05, 0.1) is 0 Å². The first-order valence-electron chi connectivity index (χ1n) is 15.4. The first-order chi connectivity index (χ1) is 22.3. The summed E-state index contributed by atoms with van der Waals surface area (Å²) in [7, 11) is 0. The van der Waals surface area contributed by atoms with Crippen LogP contribution in [0.25, 0.3) is 86.2 Å². The van der Waals surface area contributed by atoms with Crippen LogP contribution < -0.4 is 0 Å². The Morgan fingerprint density at radius 2 is 0.822 bits per heavy atom. The van der Waals surface area contributed by atoms with Gasteiger partial charge in [0.1, 0.15) is 0 Å². The standard InChI is InChI=1S/C44H28S/c1-3-14-29(15-4-1)31-26-27-37-40(28-31)43(39-24-13-23-38-33-19-11-12-25-41(33)45-44(38)39)36-22-10-9-21-35(36)42(37)34-20-8-7-18-32(34)30-16-5-2-6-17-30/h1-28H. The first-order valence-corrected chi connectivity index (χ1v) is 16.3. The molecular weight excluding hydrogens is 561 g/mol. The lowest BCUT2D eigenvalue weighted by atomic mass is 9.83. The minimum atomic E-state index is 1.23. The Bertz CT molecular complexity index is 2520. The lowest BCUT2D eigenvalue weighted by Gasteiger charge is -2.20. The molecule has 0 atom stereocenters. The van der Waals surface area contributed by atoms with E-state index in [0.717, 1.165) is 0 Å². The van der Waals surface area contributed by atoms with Gasteiger partial charge in [-0.1, -0.05) is 158 Å². The van der Waals surface area contributed by atoms with E-state index in [1.807, 2.05) is 11.3 Å². The van der Waals surface area contributed by atoms with Crippen LogP contribution >= 0.6 is 11.3 Å². The monoisotopic (exact) mass is 588 g/mol. The maximum atomic E-state index is 2.42. The Morgan fingerprint density at radius 1 is 0.289 bits per heavy atom. The van der Waals surface area contributed by atoms with Gasteiger partial charge in [-0.25, -0.2) is 0 Å². The SMILES string of the molecule is c1ccc(-c2ccc3c(-c4ccccc4-c4ccccc4)c4ccccc4c(-c4cccc5c4sc4ccccc45)c3c2)cc1. The van der Waals surface area contributed by atoms with Gasteiger partial charge >= 0.3 is 0 Å². The van der Waals surface area contributed by atoms with Crippen molar-refractivity contribution in [2.45, 2.75) is 0 Å². The number of hydrogen-bond donors (Lipinski definition) is 0. The van der Waals surface area contributed by atoms with Crippen LogP contribution in [0.2, 0.25) is 0 Å². The zero-order chi connectivity index (χ0) is 29.7. The Hall–Kier alpha value is -5.50. The number of benzene rings is 8. The molecule has 8 aromatic carbocycles. The smallest absolute Gasteiger partial charge is 0.0434 e. The number of fused-ring (bicyclic) bond motifs is 5. The number of hydrogen-bond acceptors (Lipinski definition) is 1. The predicted octanol–water partition coefficient (Wildman–Crippen LogP) is 13.0. The molecule has 0 aliphatic rings. The van der Waals surface area contributed by atoms with Crippen molar-refractivity contribution < 1.29 is 0 Å². The summed E-state index contributed by atoms with van der Waals surface area (Å²) in [5.74, 6) is 0. The summed E-state index contributed by atoms with van der Waals surface area (Å²) in [5.41, 5.74) is 10.1. The maximum Gasteiger partial charge on any atom is 0.0434 e. The molecular formula is C44H28S. The van der Waals surface area contributed by atoms with Gasteiger partial charge in [0, 0.05) is 25.7 Å². The summed E-state index contributed by atoms with van der Waals surface area (Å²) in [4.78, 5) is 0. The summed E-state index contributed by atoms with van der Waals surface area (Å²) in [6.45, 7) is 0. The highest BCUT2D eigenvalue weighted by molar-refractivity contribution is 7.26. The number of thiophene rings is 1. The van der Waals surface area contributed by atoms with Gasteiger partial charge < -0.3 is 0 Å². The normalized spacial score (nSPS) is 11.6. The van der Waals surface area contributed by atoms with Crippen molar-refractivity contribution in [3.05, 3.63) is 170 Å². The summed E-state index contributed by atoms with van der Waals surface area (Å²) < 4.78 is 2.67. The molecule has 0 aliphatic heterocycles. The van der Waals surface area contributed by atoms with Gasteiger partial charge in [0.25, 0.3) is 0 Å². The fraction of sp³-hybridized carbons (Fsp3) is 0. The largest absolute Gasteiger partial charge is 0.135 e. The average molecular weight is 589 g/mol. The molecule has 9 aromatic rings. The van der Waals surface area contributed by atoms with Gasteiger partial charge in [0.15, 0.2) is 0 Å². The van der Waals surface area contributed by atoms with E-state index >= 15 is 0 Å². The molecule has 1 heteroatoms. The van der Waals surface area contributed by atoms with Crippen molar-refractivity contribution in [3.63, 3.8) is 0 Å². The van der Waals surface area contributed by atoms with Crippen molar-refractivity contribution >= 4 is 53.1 Å². The minimum absolute atomic E-state index is 1.23. The summed E-state index contributed by atoms with van der Waals surface area (Å²) in [6, 6.07) is 62.1. The van der Waals surface area contributed by atoms with E-state index < -0.39 is 0 Å². The van der Waals surface area contributed by atoms with Crippen LogP contribution in [0.15, 0.2) is 170 Å². The topological polar surface area (TPSA) is 0 Å². The lowest BCUT2D eigenvalue weighted by molar-refractivity contribution is 1.60. The molecule has 0 saturated carbocycles. The summed E-state index contributed by atoms with van der Waals surface area (Å²) >= 11 is 1.90. The third kappa shape index (κ3) is 4.20. The highest BCUT2D eigenvalue weighted by Crippen LogP contribution is 2.49. The molecule has 0 aliphatic carbocycles. The van der Waals surface area contributed by atoms with E-state index in [1.54, 1.807) is 0 Å². The zero-order valence-corrected chi connectivity index (χ0v) is 25.4. The molecule has 1 aromatic heterocycles. The second-order valence-corrected chi connectivity index (χ2v) is 12.7. The first kappa shape index (κ1) is 25.9. The molecule has 45 heavy (non-hydrogen) atoms. The lowest BCUT2D eigenvalue weighted by Crippen LogP contribution is -1.93. The zero-order valence-electron chi connectivity index (χ0n) is 24.6. The van der Waals surface area contributed by atoms with Crippen LogP contribution in [0.5, 0.6) is 0 Å². The van der Waals surface area contributed by atoms with Crippen LogP contribution in [0.3, 0.4) is 0 Å². The molecule has 0 radical (unpaired) electrons. The van der Waals surface area contributed by atoms with Crippen LogP contribution in [-0.2, 0) is 0 Å². The van der Waals surface area contributed by atoms with Gasteiger partial charge in [0.2, 0.25) is 0 Å². The van der Waals surface area contributed by atoms with Crippen molar-refractivity contribution in [1.82, 2.24) is 0 Å². The van der Waals surface area contributed by atoms with Crippen LogP contribution in [-0.4, -0.2) is 0 Å². The molecule has 210 valence electrons. The second-order valence-electron chi connectivity index (χ2n) is 11.6. The van der Waals surface area contributed by atoms with Crippen LogP contribution in [0.4, 0.5) is 0 Å². The fourth-order valence-electron chi connectivity index (χ4n) is 7.08. The van der Waals surface area contributed by atoms with Gasteiger partial charge in [-0.2, -0.15) is 0 Å². The maximum absolute atomic E-state index is 2.42. The van der Waals surface area contributed by atoms with E-state index in [4.69, 9.17) is 0 Å². The fourth-order valence-corrected chi connectivity index (χ4v) is 8.31. The van der Waals surface area contributed by atoms with E-state index in [0.29, 0.717) is 0 Å². The van der Waals surface area contributed by atoms with Crippen molar-refractivity contribution in [2.75, 3.05) is 0 Å². The number of rotatable bonds is 4. The summed E-state index contributed by atoms with van der Waals surface area (Å²) in [6.07, 6.45) is 0. The van der Waals surface area contributed by atoms with Crippen LogP contribution in [0.1, 0.15) is 0 Å².